The molecule has 0 aliphatic carbocycles. The Labute approximate surface area is 155 Å². The topological polar surface area (TPSA) is 0 Å². The second-order valence-electron chi connectivity index (χ2n) is 5.82. The zero-order chi connectivity index (χ0) is 25.0. The molecule has 0 nitrogen and oxygen atoms in total. The van der Waals surface area contributed by atoms with Crippen LogP contribution in [0.1, 0.15) is 13.3 Å². The van der Waals surface area contributed by atoms with Crippen LogP contribution in [0.5, 0.6) is 0 Å². The Morgan fingerprint density at radius 2 is 0.800 bits per heavy atom. The number of halogens is 17. The lowest BCUT2D eigenvalue weighted by Crippen LogP contribution is -2.74. The fourth-order valence-electron chi connectivity index (χ4n) is 1.98. The highest BCUT2D eigenvalue weighted by Gasteiger charge is 2.95. The summed E-state index contributed by atoms with van der Waals surface area (Å²) < 4.78 is 221. The van der Waals surface area contributed by atoms with Crippen molar-refractivity contribution in [3.63, 3.8) is 0 Å². The first-order valence-electron chi connectivity index (χ1n) is 7.11. The fourth-order valence-corrected chi connectivity index (χ4v) is 1.98. The average Bonchev–Trinajstić information content (AvgIpc) is 2.53. The SMILES string of the molecule is C=CC(CC)C(F)(F)C(F)(F)C(F)(F)C(F)(F)C(F)(F)C(F)(F)C(F)(F)C(F)(F)F. The van der Waals surface area contributed by atoms with E-state index in [1.807, 2.05) is 0 Å². The maximum absolute atomic E-state index is 13.6. The maximum Gasteiger partial charge on any atom is 0.460 e. The molecule has 0 aliphatic rings. The Hall–Kier alpha value is -1.45. The third-order valence-electron chi connectivity index (χ3n) is 3.94. The standard InChI is InChI=1S/C13H9F17/c1-3-5(4-2)6(14,15)7(16,17)8(18,19)9(20,21)10(22,23)11(24,25)12(26,27)13(28,29)30/h3,5H,1,4H2,2H3. The van der Waals surface area contributed by atoms with Crippen molar-refractivity contribution in [2.45, 2.75) is 61.0 Å². The van der Waals surface area contributed by atoms with E-state index in [0.29, 0.717) is 6.92 Å². The molecule has 0 aliphatic heterocycles. The van der Waals surface area contributed by atoms with Crippen LogP contribution in [0.4, 0.5) is 74.6 Å². The molecule has 1 atom stereocenters. The van der Waals surface area contributed by atoms with E-state index in [-0.39, 0.29) is 6.08 Å². The van der Waals surface area contributed by atoms with Gasteiger partial charge in [-0.1, -0.05) is 13.0 Å². The minimum absolute atomic E-state index is 0.216. The number of hydrogen-bond acceptors (Lipinski definition) is 0. The van der Waals surface area contributed by atoms with Gasteiger partial charge in [-0.25, -0.2) is 0 Å². The van der Waals surface area contributed by atoms with Gasteiger partial charge in [-0.3, -0.25) is 0 Å². The summed E-state index contributed by atoms with van der Waals surface area (Å²) in [6.45, 7) is 3.03. The summed E-state index contributed by atoms with van der Waals surface area (Å²) in [7, 11) is 0. The molecule has 0 amide bonds. The molecule has 0 rings (SSSR count). The van der Waals surface area contributed by atoms with Crippen LogP contribution in [0.3, 0.4) is 0 Å². The van der Waals surface area contributed by atoms with Crippen molar-refractivity contribution >= 4 is 0 Å². The summed E-state index contributed by atoms with van der Waals surface area (Å²) in [6, 6.07) is 0. The van der Waals surface area contributed by atoms with Crippen LogP contribution in [0, 0.1) is 5.92 Å². The lowest BCUT2D eigenvalue weighted by Gasteiger charge is -2.43. The van der Waals surface area contributed by atoms with Gasteiger partial charge < -0.3 is 0 Å². The van der Waals surface area contributed by atoms with E-state index < -0.39 is 60.0 Å². The molecular formula is C13H9F17. The monoisotopic (exact) mass is 488 g/mol. The Balaban J connectivity index is 6.80. The van der Waals surface area contributed by atoms with Gasteiger partial charge in [0.25, 0.3) is 0 Å². The van der Waals surface area contributed by atoms with Crippen molar-refractivity contribution in [3.8, 4) is 0 Å². The third kappa shape index (κ3) is 3.39. The van der Waals surface area contributed by atoms with Gasteiger partial charge in [0.1, 0.15) is 0 Å². The van der Waals surface area contributed by atoms with Crippen LogP contribution >= 0.6 is 0 Å². The van der Waals surface area contributed by atoms with Crippen LogP contribution in [-0.4, -0.2) is 47.6 Å². The summed E-state index contributed by atoms with van der Waals surface area (Å²) in [5.41, 5.74) is 0. The van der Waals surface area contributed by atoms with Crippen LogP contribution < -0.4 is 0 Å². The molecule has 30 heavy (non-hydrogen) atoms. The molecule has 0 aromatic heterocycles. The van der Waals surface area contributed by atoms with E-state index in [1.54, 1.807) is 0 Å². The molecule has 0 saturated carbocycles. The van der Waals surface area contributed by atoms with Crippen molar-refractivity contribution in [1.82, 2.24) is 0 Å². The van der Waals surface area contributed by atoms with Crippen LogP contribution in [-0.2, 0) is 0 Å². The largest absolute Gasteiger partial charge is 0.460 e. The first-order chi connectivity index (χ1) is 12.8. The van der Waals surface area contributed by atoms with Gasteiger partial charge in [0.2, 0.25) is 0 Å². The Bertz CT molecular complexity index is 626. The van der Waals surface area contributed by atoms with E-state index >= 15 is 0 Å². The van der Waals surface area contributed by atoms with Crippen molar-refractivity contribution in [2.24, 2.45) is 5.92 Å². The third-order valence-corrected chi connectivity index (χ3v) is 3.94. The molecule has 0 N–H and O–H groups in total. The molecule has 180 valence electrons. The number of alkyl halides is 17. The molecular weight excluding hydrogens is 479 g/mol. The lowest BCUT2D eigenvalue weighted by atomic mass is 9.84. The smallest absolute Gasteiger partial charge is 0.199 e. The fraction of sp³-hybridized carbons (Fsp3) is 0.846. The molecule has 0 fully saturated rings. The van der Waals surface area contributed by atoms with Gasteiger partial charge in [0.05, 0.1) is 0 Å². The van der Waals surface area contributed by atoms with E-state index in [1.165, 1.54) is 0 Å². The van der Waals surface area contributed by atoms with Gasteiger partial charge in [-0.15, -0.1) is 6.58 Å². The van der Waals surface area contributed by atoms with Crippen molar-refractivity contribution in [3.05, 3.63) is 12.7 Å². The van der Waals surface area contributed by atoms with Gasteiger partial charge >= 0.3 is 47.6 Å². The van der Waals surface area contributed by atoms with Crippen LogP contribution in [0.25, 0.3) is 0 Å². The normalized spacial score (nSPS) is 17.1. The Kier molecular flexibility index (Phi) is 6.95. The maximum atomic E-state index is 13.6. The molecule has 0 aromatic rings. The highest BCUT2D eigenvalue weighted by atomic mass is 19.4. The molecule has 0 heterocycles. The summed E-state index contributed by atoms with van der Waals surface area (Å²) >= 11 is 0. The molecule has 0 radical (unpaired) electrons. The predicted octanol–water partition coefficient (Wildman–Crippen LogP) is 7.21. The second kappa shape index (κ2) is 7.31. The molecule has 0 saturated heterocycles. The quantitative estimate of drug-likeness (QED) is 0.238. The van der Waals surface area contributed by atoms with Crippen molar-refractivity contribution < 1.29 is 74.6 Å². The number of allylic oxidation sites excluding steroid dienone is 1. The second-order valence-corrected chi connectivity index (χ2v) is 5.82. The highest BCUT2D eigenvalue weighted by Crippen LogP contribution is 2.64. The minimum atomic E-state index is -8.60. The van der Waals surface area contributed by atoms with E-state index in [4.69, 9.17) is 0 Å². The molecule has 17 heteroatoms. The molecule has 0 aromatic carbocycles. The number of hydrogen-bond donors (Lipinski definition) is 0. The van der Waals surface area contributed by atoms with Crippen LogP contribution in [0.15, 0.2) is 12.7 Å². The highest BCUT2D eigenvalue weighted by molar-refractivity contribution is 5.16. The minimum Gasteiger partial charge on any atom is -0.199 e. The van der Waals surface area contributed by atoms with Gasteiger partial charge in [0.15, 0.2) is 0 Å². The van der Waals surface area contributed by atoms with Crippen molar-refractivity contribution in [2.75, 3.05) is 0 Å². The summed E-state index contributed by atoms with van der Waals surface area (Å²) in [5.74, 6) is -59.2. The van der Waals surface area contributed by atoms with E-state index in [9.17, 15) is 74.6 Å². The van der Waals surface area contributed by atoms with E-state index in [0.717, 1.165) is 0 Å². The summed E-state index contributed by atoms with van der Waals surface area (Å²) in [6.07, 6.45) is -9.24. The summed E-state index contributed by atoms with van der Waals surface area (Å²) in [5, 5.41) is 0. The zero-order valence-electron chi connectivity index (χ0n) is 14.0. The van der Waals surface area contributed by atoms with Gasteiger partial charge in [0, 0.05) is 5.92 Å². The Morgan fingerprint density at radius 1 is 0.533 bits per heavy atom. The van der Waals surface area contributed by atoms with E-state index in [2.05, 4.69) is 6.58 Å². The molecule has 1 unspecified atom stereocenters. The van der Waals surface area contributed by atoms with Gasteiger partial charge in [-0.05, 0) is 6.42 Å². The zero-order valence-corrected chi connectivity index (χ0v) is 14.0. The first-order valence-corrected chi connectivity index (χ1v) is 7.11. The first kappa shape index (κ1) is 28.5. The molecule has 0 spiro atoms. The molecule has 0 bridgehead atoms. The van der Waals surface area contributed by atoms with Gasteiger partial charge in [-0.2, -0.15) is 74.6 Å². The number of rotatable bonds is 9. The average molecular weight is 488 g/mol. The summed E-state index contributed by atoms with van der Waals surface area (Å²) in [4.78, 5) is 0. The van der Waals surface area contributed by atoms with Crippen LogP contribution in [0.2, 0.25) is 0 Å². The van der Waals surface area contributed by atoms with Crippen molar-refractivity contribution in [1.29, 1.82) is 0 Å². The Morgan fingerprint density at radius 3 is 1.03 bits per heavy atom. The lowest BCUT2D eigenvalue weighted by molar-refractivity contribution is -0.463. The predicted molar refractivity (Wildman–Crippen MR) is 64.7 cm³/mol.